The zero-order chi connectivity index (χ0) is 15.6. The second kappa shape index (κ2) is 5.80. The van der Waals surface area contributed by atoms with E-state index >= 15 is 0 Å². The smallest absolute Gasteiger partial charge is 0.328 e. The molecule has 0 radical (unpaired) electrons. The third kappa shape index (κ3) is 3.29. The first-order chi connectivity index (χ1) is 9.88. The highest BCUT2D eigenvalue weighted by Gasteiger charge is 2.26. The maximum Gasteiger partial charge on any atom is 0.328 e. The number of carboxylic acids is 1. The van der Waals surface area contributed by atoms with Gasteiger partial charge in [-0.2, -0.15) is 0 Å². The summed E-state index contributed by atoms with van der Waals surface area (Å²) in [7, 11) is 0. The van der Waals surface area contributed by atoms with E-state index in [9.17, 15) is 19.5 Å². The first-order valence-electron chi connectivity index (χ1n) is 6.17. The van der Waals surface area contributed by atoms with Gasteiger partial charge in [-0.05, 0) is 25.1 Å². The van der Waals surface area contributed by atoms with Crippen molar-refractivity contribution in [2.75, 3.05) is 11.9 Å². The molecule has 0 saturated carbocycles. The number of hydrogen-bond acceptors (Lipinski definition) is 5. The van der Waals surface area contributed by atoms with E-state index in [1.54, 1.807) is 0 Å². The van der Waals surface area contributed by atoms with Crippen LogP contribution in [0.4, 0.5) is 5.69 Å². The Morgan fingerprint density at radius 3 is 2.76 bits per heavy atom. The van der Waals surface area contributed by atoms with E-state index in [1.165, 1.54) is 25.1 Å². The van der Waals surface area contributed by atoms with E-state index in [1.807, 2.05) is 0 Å². The van der Waals surface area contributed by atoms with Crippen molar-refractivity contribution in [3.63, 3.8) is 0 Å². The molecule has 0 fully saturated rings. The molecule has 21 heavy (non-hydrogen) atoms. The lowest BCUT2D eigenvalue weighted by Gasteiger charge is -2.20. The van der Waals surface area contributed by atoms with Gasteiger partial charge in [0.05, 0.1) is 11.8 Å². The van der Waals surface area contributed by atoms with Crippen LogP contribution in [0.1, 0.15) is 17.3 Å². The average Bonchev–Trinajstić information content (AvgIpc) is 2.43. The van der Waals surface area contributed by atoms with Gasteiger partial charge in [-0.15, -0.1) is 0 Å². The minimum Gasteiger partial charge on any atom is -0.482 e. The number of ether oxygens (including phenoxy) is 1. The summed E-state index contributed by atoms with van der Waals surface area (Å²) in [5.74, 6) is -1.96. The van der Waals surface area contributed by atoms with E-state index in [-0.39, 0.29) is 18.1 Å². The number of fused-ring (bicyclic) bond motifs is 1. The monoisotopic (exact) mass is 294 g/mol. The van der Waals surface area contributed by atoms with Gasteiger partial charge in [0.1, 0.15) is 5.75 Å². The van der Waals surface area contributed by atoms with Crippen LogP contribution in [0.15, 0.2) is 18.2 Å². The minimum absolute atomic E-state index is 0.149. The van der Waals surface area contributed by atoms with Crippen LogP contribution in [-0.4, -0.2) is 46.7 Å². The fourth-order valence-electron chi connectivity index (χ4n) is 1.83. The second-order valence-corrected chi connectivity index (χ2v) is 4.58. The Morgan fingerprint density at radius 1 is 1.43 bits per heavy atom. The highest BCUT2D eigenvalue weighted by molar-refractivity contribution is 6.00. The number of aliphatic carboxylic acids is 1. The van der Waals surface area contributed by atoms with Crippen molar-refractivity contribution in [2.45, 2.75) is 19.1 Å². The van der Waals surface area contributed by atoms with Crippen LogP contribution in [-0.2, 0) is 9.59 Å². The number of anilines is 1. The van der Waals surface area contributed by atoms with Crippen molar-refractivity contribution in [1.82, 2.24) is 5.32 Å². The van der Waals surface area contributed by atoms with E-state index in [0.717, 1.165) is 0 Å². The Labute approximate surface area is 119 Å². The molecule has 0 aliphatic carbocycles. The van der Waals surface area contributed by atoms with Gasteiger partial charge in [0.25, 0.3) is 11.8 Å². The molecule has 0 spiro atoms. The number of nitrogens with one attached hydrogen (secondary N) is 2. The van der Waals surface area contributed by atoms with Crippen LogP contribution in [0.5, 0.6) is 5.75 Å². The van der Waals surface area contributed by atoms with Gasteiger partial charge in [0.15, 0.2) is 12.6 Å². The number of carbonyl (C=O) groups is 3. The lowest BCUT2D eigenvalue weighted by atomic mass is 10.1. The summed E-state index contributed by atoms with van der Waals surface area (Å²) in [6.07, 6.45) is -1.24. The summed E-state index contributed by atoms with van der Waals surface area (Å²) in [6.45, 7) is 1.12. The first-order valence-corrected chi connectivity index (χ1v) is 6.17. The largest absolute Gasteiger partial charge is 0.482 e. The van der Waals surface area contributed by atoms with Crippen molar-refractivity contribution >= 4 is 23.5 Å². The van der Waals surface area contributed by atoms with Gasteiger partial charge < -0.3 is 25.6 Å². The topological polar surface area (TPSA) is 125 Å². The number of rotatable bonds is 4. The van der Waals surface area contributed by atoms with E-state index in [4.69, 9.17) is 9.84 Å². The number of aliphatic hydroxyl groups is 1. The normalized spacial score (nSPS) is 16.0. The first kappa shape index (κ1) is 14.8. The third-order valence-corrected chi connectivity index (χ3v) is 2.91. The number of hydrogen-bond donors (Lipinski definition) is 4. The van der Waals surface area contributed by atoms with Gasteiger partial charge >= 0.3 is 5.97 Å². The fraction of sp³-hybridized carbons (Fsp3) is 0.308. The van der Waals surface area contributed by atoms with Gasteiger partial charge in [0, 0.05) is 5.56 Å². The maximum atomic E-state index is 12.0. The number of benzene rings is 1. The van der Waals surface area contributed by atoms with Gasteiger partial charge in [-0.1, -0.05) is 0 Å². The molecule has 1 heterocycles. The molecule has 4 N–H and O–H groups in total. The molecule has 112 valence electrons. The molecule has 1 aromatic carbocycles. The maximum absolute atomic E-state index is 12.0. The summed E-state index contributed by atoms with van der Waals surface area (Å²) < 4.78 is 5.17. The Hall–Kier alpha value is -2.61. The summed E-state index contributed by atoms with van der Waals surface area (Å²) in [5, 5.41) is 23.0. The van der Waals surface area contributed by atoms with Gasteiger partial charge in [-0.3, -0.25) is 9.59 Å². The minimum atomic E-state index is -1.41. The molecule has 2 rings (SSSR count). The second-order valence-electron chi connectivity index (χ2n) is 4.58. The van der Waals surface area contributed by atoms with Crippen LogP contribution in [0.25, 0.3) is 0 Å². The number of amides is 2. The highest BCUT2D eigenvalue weighted by atomic mass is 16.5. The van der Waals surface area contributed by atoms with Crippen molar-refractivity contribution in [3.8, 4) is 5.75 Å². The molecule has 2 atom stereocenters. The Morgan fingerprint density at radius 2 is 2.14 bits per heavy atom. The standard InChI is InChI=1S/C13H14N2O6/c1-6(16)11(13(19)20)15-12(18)7-2-3-8-9(4-7)21-5-10(17)14-8/h2-4,6,11,16H,5H2,1H3,(H,14,17)(H,15,18)(H,19,20). The molecule has 8 nitrogen and oxygen atoms in total. The molecule has 1 aromatic rings. The zero-order valence-electron chi connectivity index (χ0n) is 11.1. The van der Waals surface area contributed by atoms with Crippen LogP contribution < -0.4 is 15.4 Å². The van der Waals surface area contributed by atoms with Gasteiger partial charge in [-0.25, -0.2) is 4.79 Å². The predicted molar refractivity (Wildman–Crippen MR) is 71.1 cm³/mol. The number of carbonyl (C=O) groups excluding carboxylic acids is 2. The van der Waals surface area contributed by atoms with E-state index < -0.39 is 24.0 Å². The predicted octanol–water partition coefficient (Wildman–Crippen LogP) is -0.419. The molecule has 1 aliphatic rings. The summed E-state index contributed by atoms with van der Waals surface area (Å²) in [6, 6.07) is 2.89. The molecule has 2 unspecified atom stereocenters. The van der Waals surface area contributed by atoms with Crippen molar-refractivity contribution in [2.24, 2.45) is 0 Å². The summed E-state index contributed by atoms with van der Waals surface area (Å²) in [5.41, 5.74) is 0.602. The number of carboxylic acid groups (broad SMARTS) is 1. The Balaban J connectivity index is 2.17. The SMILES string of the molecule is CC(O)C(NC(=O)c1ccc2c(c1)OCC(=O)N2)C(=O)O. The quantitative estimate of drug-likeness (QED) is 0.598. The van der Waals surface area contributed by atoms with Crippen LogP contribution in [0, 0.1) is 0 Å². The number of aliphatic hydroxyl groups excluding tert-OH is 1. The van der Waals surface area contributed by atoms with Gasteiger partial charge in [0.2, 0.25) is 0 Å². The molecule has 2 amide bonds. The average molecular weight is 294 g/mol. The lowest BCUT2D eigenvalue weighted by molar-refractivity contribution is -0.141. The van der Waals surface area contributed by atoms with Crippen molar-refractivity contribution in [1.29, 1.82) is 0 Å². The summed E-state index contributed by atoms with van der Waals surface area (Å²) in [4.78, 5) is 34.0. The zero-order valence-corrected chi connectivity index (χ0v) is 11.1. The van der Waals surface area contributed by atoms with Crippen LogP contribution >= 0.6 is 0 Å². The summed E-state index contributed by atoms with van der Waals surface area (Å²) >= 11 is 0. The van der Waals surface area contributed by atoms with E-state index in [0.29, 0.717) is 11.4 Å². The fourth-order valence-corrected chi connectivity index (χ4v) is 1.83. The van der Waals surface area contributed by atoms with Crippen molar-refractivity contribution in [3.05, 3.63) is 23.8 Å². The van der Waals surface area contributed by atoms with Crippen molar-refractivity contribution < 1.29 is 29.3 Å². The molecule has 0 aromatic heterocycles. The molecule has 1 aliphatic heterocycles. The van der Waals surface area contributed by atoms with Crippen LogP contribution in [0.2, 0.25) is 0 Å². The Bertz CT molecular complexity index is 598. The third-order valence-electron chi connectivity index (χ3n) is 2.91. The molecular weight excluding hydrogens is 280 g/mol. The van der Waals surface area contributed by atoms with E-state index in [2.05, 4.69) is 10.6 Å². The van der Waals surface area contributed by atoms with Crippen LogP contribution in [0.3, 0.4) is 0 Å². The molecule has 0 bridgehead atoms. The lowest BCUT2D eigenvalue weighted by Crippen LogP contribution is -2.47. The Kier molecular flexibility index (Phi) is 4.08. The molecular formula is C13H14N2O6. The highest BCUT2D eigenvalue weighted by Crippen LogP contribution is 2.28. The molecule has 0 saturated heterocycles. The molecule has 8 heteroatoms.